The van der Waals surface area contributed by atoms with Gasteiger partial charge in [-0.05, 0) is 24.3 Å². The minimum Gasteiger partial charge on any atom is -0.497 e. The first kappa shape index (κ1) is 17.9. The summed E-state index contributed by atoms with van der Waals surface area (Å²) in [5.41, 5.74) is 1.05. The lowest BCUT2D eigenvalue weighted by atomic mass is 10.00. The molecule has 0 unspecified atom stereocenters. The van der Waals surface area contributed by atoms with Gasteiger partial charge in [0.15, 0.2) is 0 Å². The number of carbonyl (C=O) groups excluding carboxylic acids is 1. The molecule has 1 amide bonds. The Morgan fingerprint density at radius 3 is 2.96 bits per heavy atom. The molecular weight excluding hydrogens is 346 g/mol. The Bertz CT molecular complexity index is 786. The largest absolute Gasteiger partial charge is 0.497 e. The first-order valence-corrected chi connectivity index (χ1v) is 8.04. The zero-order valence-electron chi connectivity index (χ0n) is 14.1. The second kappa shape index (κ2) is 7.99. The van der Waals surface area contributed by atoms with Gasteiger partial charge in [-0.3, -0.25) is 9.78 Å². The second-order valence-corrected chi connectivity index (χ2v) is 5.68. The number of nitrogens with zero attached hydrogens (tertiary/aromatic N) is 1. The van der Waals surface area contributed by atoms with Crippen LogP contribution in [0.5, 0.6) is 17.2 Å². The van der Waals surface area contributed by atoms with Crippen LogP contribution < -0.4 is 19.5 Å². The van der Waals surface area contributed by atoms with E-state index in [4.69, 9.17) is 14.2 Å². The fraction of sp³-hybridized carbons (Fsp3) is 0.333. The van der Waals surface area contributed by atoms with E-state index in [2.05, 4.69) is 10.3 Å². The predicted molar refractivity (Wildman–Crippen MR) is 89.0 cm³/mol. The number of amides is 1. The molecule has 138 valence electrons. The van der Waals surface area contributed by atoms with Gasteiger partial charge in [0.05, 0.1) is 31.5 Å². The summed E-state index contributed by atoms with van der Waals surface area (Å²) in [6, 6.07) is 6.53. The number of aromatic nitrogens is 1. The number of hydrogen-bond donors (Lipinski definition) is 1. The molecule has 1 aromatic heterocycles. The smallest absolute Gasteiger partial charge is 0.272 e. The standard InChI is InChI=1S/C18H18F2N2O4/c1-24-12-2-3-16-14(7-12)15(4-5-25-16)22-18(23)11-6-13(9-21-8-11)26-10-17(19)20/h2-3,6-9,15,17H,4-5,10H2,1H3,(H,22,23)/t15-/m0/s1. The molecule has 8 heteroatoms. The number of carbonyl (C=O) groups is 1. The number of rotatable bonds is 6. The van der Waals surface area contributed by atoms with Crippen LogP contribution in [-0.2, 0) is 0 Å². The maximum Gasteiger partial charge on any atom is 0.272 e. The van der Waals surface area contributed by atoms with Crippen LogP contribution in [0.3, 0.4) is 0 Å². The van der Waals surface area contributed by atoms with Gasteiger partial charge >= 0.3 is 0 Å². The molecule has 0 bridgehead atoms. The first-order valence-electron chi connectivity index (χ1n) is 8.04. The summed E-state index contributed by atoms with van der Waals surface area (Å²) in [6.45, 7) is -0.278. The van der Waals surface area contributed by atoms with Gasteiger partial charge in [0.2, 0.25) is 0 Å². The van der Waals surface area contributed by atoms with Crippen molar-refractivity contribution >= 4 is 5.91 Å². The number of nitrogens with one attached hydrogen (secondary N) is 1. The van der Waals surface area contributed by atoms with E-state index in [0.29, 0.717) is 24.5 Å². The number of benzene rings is 1. The Kier molecular flexibility index (Phi) is 5.50. The van der Waals surface area contributed by atoms with E-state index in [9.17, 15) is 13.6 Å². The summed E-state index contributed by atoms with van der Waals surface area (Å²) < 4.78 is 40.2. The molecule has 0 fully saturated rings. The number of methoxy groups -OCH3 is 1. The lowest BCUT2D eigenvalue weighted by molar-refractivity contribution is 0.0815. The SMILES string of the molecule is COc1ccc2c(c1)[C@@H](NC(=O)c1cncc(OCC(F)F)c1)CCO2. The van der Waals surface area contributed by atoms with Crippen molar-refractivity contribution in [2.24, 2.45) is 0 Å². The topological polar surface area (TPSA) is 69.7 Å². The van der Waals surface area contributed by atoms with E-state index in [0.717, 1.165) is 5.56 Å². The highest BCUT2D eigenvalue weighted by Crippen LogP contribution is 2.35. The van der Waals surface area contributed by atoms with Crippen LogP contribution in [0.1, 0.15) is 28.4 Å². The summed E-state index contributed by atoms with van der Waals surface area (Å²) >= 11 is 0. The minimum absolute atomic E-state index is 0.118. The predicted octanol–water partition coefficient (Wildman–Crippen LogP) is 2.99. The lowest BCUT2D eigenvalue weighted by Crippen LogP contribution is -2.32. The molecule has 0 saturated heterocycles. The number of fused-ring (bicyclic) bond motifs is 1. The summed E-state index contributed by atoms with van der Waals surface area (Å²) in [7, 11) is 1.57. The number of halogens is 2. The molecule has 1 aliphatic rings. The highest BCUT2D eigenvalue weighted by molar-refractivity contribution is 5.94. The Morgan fingerprint density at radius 1 is 1.35 bits per heavy atom. The van der Waals surface area contributed by atoms with Gasteiger partial charge in [0.1, 0.15) is 23.9 Å². The molecule has 1 atom stereocenters. The minimum atomic E-state index is -2.60. The third kappa shape index (κ3) is 4.19. The number of hydrogen-bond acceptors (Lipinski definition) is 5. The zero-order valence-corrected chi connectivity index (χ0v) is 14.1. The van der Waals surface area contributed by atoms with E-state index in [1.54, 1.807) is 19.2 Å². The molecule has 2 aromatic rings. The van der Waals surface area contributed by atoms with Gasteiger partial charge in [0.25, 0.3) is 12.3 Å². The van der Waals surface area contributed by atoms with Gasteiger partial charge < -0.3 is 19.5 Å². The van der Waals surface area contributed by atoms with Crippen molar-refractivity contribution < 1.29 is 27.8 Å². The van der Waals surface area contributed by atoms with Crippen LogP contribution in [0.15, 0.2) is 36.7 Å². The molecule has 0 spiro atoms. The van der Waals surface area contributed by atoms with Crippen LogP contribution in [0.25, 0.3) is 0 Å². The van der Waals surface area contributed by atoms with Gasteiger partial charge in [0, 0.05) is 18.2 Å². The average Bonchev–Trinajstić information content (AvgIpc) is 2.66. The summed E-state index contributed by atoms with van der Waals surface area (Å²) in [5.74, 6) is 1.10. The molecule has 1 N–H and O–H groups in total. The van der Waals surface area contributed by atoms with E-state index in [1.807, 2.05) is 6.07 Å². The Balaban J connectivity index is 1.74. The van der Waals surface area contributed by atoms with Crippen molar-refractivity contribution in [3.8, 4) is 17.2 Å². The van der Waals surface area contributed by atoms with Crippen molar-refractivity contribution in [3.05, 3.63) is 47.8 Å². The van der Waals surface area contributed by atoms with E-state index >= 15 is 0 Å². The highest BCUT2D eigenvalue weighted by Gasteiger charge is 2.24. The van der Waals surface area contributed by atoms with Crippen molar-refractivity contribution in [1.29, 1.82) is 0 Å². The van der Waals surface area contributed by atoms with E-state index in [-0.39, 0.29) is 23.3 Å². The summed E-state index contributed by atoms with van der Waals surface area (Å²) in [4.78, 5) is 16.4. The van der Waals surface area contributed by atoms with Crippen LogP contribution >= 0.6 is 0 Å². The molecule has 0 saturated carbocycles. The van der Waals surface area contributed by atoms with Crippen molar-refractivity contribution in [3.63, 3.8) is 0 Å². The number of alkyl halides is 2. The third-order valence-electron chi connectivity index (χ3n) is 3.91. The average molecular weight is 364 g/mol. The first-order chi connectivity index (χ1) is 12.6. The lowest BCUT2D eigenvalue weighted by Gasteiger charge is -2.27. The molecule has 1 aliphatic heterocycles. The maximum atomic E-state index is 12.5. The van der Waals surface area contributed by atoms with E-state index in [1.165, 1.54) is 18.5 Å². The molecule has 0 aliphatic carbocycles. The Hall–Kier alpha value is -2.90. The normalized spacial score (nSPS) is 15.8. The molecule has 1 aromatic carbocycles. The van der Waals surface area contributed by atoms with Crippen LogP contribution in [0.2, 0.25) is 0 Å². The molecule has 6 nitrogen and oxygen atoms in total. The quantitative estimate of drug-likeness (QED) is 0.853. The fourth-order valence-electron chi connectivity index (χ4n) is 2.67. The van der Waals surface area contributed by atoms with Gasteiger partial charge in [-0.15, -0.1) is 0 Å². The van der Waals surface area contributed by atoms with Crippen molar-refractivity contribution in [1.82, 2.24) is 10.3 Å². The van der Waals surface area contributed by atoms with E-state index < -0.39 is 13.0 Å². The van der Waals surface area contributed by atoms with Crippen molar-refractivity contribution in [2.75, 3.05) is 20.3 Å². The second-order valence-electron chi connectivity index (χ2n) is 5.68. The third-order valence-corrected chi connectivity index (χ3v) is 3.91. The molecule has 2 heterocycles. The molecular formula is C18H18F2N2O4. The van der Waals surface area contributed by atoms with Crippen LogP contribution in [0, 0.1) is 0 Å². The fourth-order valence-corrected chi connectivity index (χ4v) is 2.67. The number of pyridine rings is 1. The van der Waals surface area contributed by atoms with Crippen LogP contribution in [-0.4, -0.2) is 37.6 Å². The monoisotopic (exact) mass is 364 g/mol. The van der Waals surface area contributed by atoms with Gasteiger partial charge in [-0.2, -0.15) is 0 Å². The zero-order chi connectivity index (χ0) is 18.5. The Labute approximate surface area is 149 Å². The number of ether oxygens (including phenoxy) is 3. The van der Waals surface area contributed by atoms with Gasteiger partial charge in [-0.25, -0.2) is 8.78 Å². The molecule has 26 heavy (non-hydrogen) atoms. The Morgan fingerprint density at radius 2 is 2.19 bits per heavy atom. The summed E-state index contributed by atoms with van der Waals surface area (Å²) in [5, 5.41) is 2.92. The van der Waals surface area contributed by atoms with Gasteiger partial charge in [-0.1, -0.05) is 0 Å². The molecule has 0 radical (unpaired) electrons. The molecule has 3 rings (SSSR count). The van der Waals surface area contributed by atoms with Crippen molar-refractivity contribution in [2.45, 2.75) is 18.9 Å². The maximum absolute atomic E-state index is 12.5. The van der Waals surface area contributed by atoms with Crippen LogP contribution in [0.4, 0.5) is 8.78 Å². The highest BCUT2D eigenvalue weighted by atomic mass is 19.3. The summed E-state index contributed by atoms with van der Waals surface area (Å²) in [6.07, 6.45) is 0.645.